The zero-order valence-electron chi connectivity index (χ0n) is 21.2. The van der Waals surface area contributed by atoms with Crippen LogP contribution >= 0.6 is 31.9 Å². The highest BCUT2D eigenvalue weighted by molar-refractivity contribution is 9.10. The van der Waals surface area contributed by atoms with E-state index in [4.69, 9.17) is 14.2 Å². The molecule has 2 atom stereocenters. The maximum Gasteiger partial charge on any atom is 0.119 e. The van der Waals surface area contributed by atoms with Crippen molar-refractivity contribution < 1.29 is 14.2 Å². The molecule has 0 fully saturated rings. The minimum Gasteiger partial charge on any atom is -0.494 e. The summed E-state index contributed by atoms with van der Waals surface area (Å²) in [6.07, 6.45) is 1.39. The second-order valence-electron chi connectivity index (χ2n) is 8.83. The molecule has 3 nitrogen and oxygen atoms in total. The van der Waals surface area contributed by atoms with Gasteiger partial charge >= 0.3 is 0 Å². The van der Waals surface area contributed by atoms with Gasteiger partial charge in [-0.15, -0.1) is 0 Å². The Balaban J connectivity index is 1.71. The van der Waals surface area contributed by atoms with Crippen molar-refractivity contribution in [2.24, 2.45) is 0 Å². The van der Waals surface area contributed by atoms with Crippen LogP contribution in [0.15, 0.2) is 106 Å². The summed E-state index contributed by atoms with van der Waals surface area (Å²) < 4.78 is 20.7. The van der Waals surface area contributed by atoms with Crippen LogP contribution in [-0.2, 0) is 4.74 Å². The van der Waals surface area contributed by atoms with Gasteiger partial charge in [-0.05, 0) is 83.6 Å². The molecule has 0 radical (unpaired) electrons. The molecule has 2 unspecified atom stereocenters. The van der Waals surface area contributed by atoms with E-state index in [0.717, 1.165) is 55.5 Å². The van der Waals surface area contributed by atoms with Crippen LogP contribution in [0.4, 0.5) is 0 Å². The van der Waals surface area contributed by atoms with E-state index < -0.39 is 0 Å². The van der Waals surface area contributed by atoms with Crippen molar-refractivity contribution in [1.29, 1.82) is 0 Å². The molecule has 0 aliphatic heterocycles. The Morgan fingerprint density at radius 3 is 1.08 bits per heavy atom. The van der Waals surface area contributed by atoms with Crippen molar-refractivity contribution >= 4 is 31.9 Å². The number of benzene rings is 4. The summed E-state index contributed by atoms with van der Waals surface area (Å²) >= 11 is 7.13. The Kier molecular flexibility index (Phi) is 10.2. The van der Waals surface area contributed by atoms with Crippen LogP contribution < -0.4 is 9.47 Å². The number of halogens is 2. The molecule has 4 rings (SSSR count). The van der Waals surface area contributed by atoms with Gasteiger partial charge in [0.2, 0.25) is 0 Å². The van der Waals surface area contributed by atoms with Gasteiger partial charge in [0.05, 0.1) is 13.2 Å². The average Bonchev–Trinajstić information content (AvgIpc) is 2.93. The largest absolute Gasteiger partial charge is 0.494 e. The molecule has 0 spiro atoms. The average molecular weight is 624 g/mol. The summed E-state index contributed by atoms with van der Waals surface area (Å²) in [5.74, 6) is 1.74. The summed E-state index contributed by atoms with van der Waals surface area (Å²) in [4.78, 5) is 0. The highest BCUT2D eigenvalue weighted by Gasteiger charge is 2.24. The Labute approximate surface area is 237 Å². The van der Waals surface area contributed by atoms with E-state index >= 15 is 0 Å². The Hall–Kier alpha value is -2.60. The lowest BCUT2D eigenvalue weighted by Gasteiger charge is -2.27. The molecule has 0 bridgehead atoms. The van der Waals surface area contributed by atoms with Gasteiger partial charge in [-0.25, -0.2) is 0 Å². The molecule has 0 aromatic heterocycles. The van der Waals surface area contributed by atoms with Gasteiger partial charge in [0, 0.05) is 8.95 Å². The number of ether oxygens (including phenoxy) is 3. The van der Waals surface area contributed by atoms with Gasteiger partial charge in [0.15, 0.2) is 0 Å². The molecule has 5 heteroatoms. The topological polar surface area (TPSA) is 27.7 Å². The molecule has 0 N–H and O–H groups in total. The van der Waals surface area contributed by atoms with Crippen LogP contribution in [0.3, 0.4) is 0 Å². The van der Waals surface area contributed by atoms with Gasteiger partial charge in [-0.2, -0.15) is 0 Å². The Morgan fingerprint density at radius 2 is 0.784 bits per heavy atom. The second kappa shape index (κ2) is 13.8. The van der Waals surface area contributed by atoms with Crippen molar-refractivity contribution in [1.82, 2.24) is 0 Å². The van der Waals surface area contributed by atoms with Crippen LogP contribution in [-0.4, -0.2) is 13.2 Å². The molecular weight excluding hydrogens is 592 g/mol. The zero-order chi connectivity index (χ0) is 26.0. The van der Waals surface area contributed by atoms with Gasteiger partial charge in [-0.1, -0.05) is 94.2 Å². The maximum absolute atomic E-state index is 7.00. The van der Waals surface area contributed by atoms with Gasteiger partial charge in [0.1, 0.15) is 23.7 Å². The molecule has 0 aliphatic rings. The highest BCUT2D eigenvalue weighted by atomic mass is 79.9. The predicted octanol–water partition coefficient (Wildman–Crippen LogP) is 9.68. The van der Waals surface area contributed by atoms with Crippen LogP contribution in [0.25, 0.3) is 0 Å². The van der Waals surface area contributed by atoms with E-state index in [0.29, 0.717) is 13.2 Å². The summed E-state index contributed by atoms with van der Waals surface area (Å²) in [6, 6.07) is 33.1. The van der Waals surface area contributed by atoms with E-state index in [1.54, 1.807) is 0 Å². The molecule has 37 heavy (non-hydrogen) atoms. The van der Waals surface area contributed by atoms with E-state index in [2.05, 4.69) is 119 Å². The van der Waals surface area contributed by atoms with Crippen molar-refractivity contribution in [2.75, 3.05) is 13.2 Å². The van der Waals surface area contributed by atoms with Crippen molar-refractivity contribution in [3.8, 4) is 11.5 Å². The predicted molar refractivity (Wildman–Crippen MR) is 158 cm³/mol. The van der Waals surface area contributed by atoms with Crippen LogP contribution in [0.2, 0.25) is 0 Å². The van der Waals surface area contributed by atoms with Crippen molar-refractivity contribution in [3.05, 3.63) is 128 Å². The van der Waals surface area contributed by atoms with E-state index in [1.807, 2.05) is 24.3 Å². The summed E-state index contributed by atoms with van der Waals surface area (Å²) in [5, 5.41) is 0. The first-order chi connectivity index (χ1) is 18.1. The third-order valence-electron chi connectivity index (χ3n) is 5.93. The van der Waals surface area contributed by atoms with Crippen LogP contribution in [0.5, 0.6) is 11.5 Å². The van der Waals surface area contributed by atoms with Crippen molar-refractivity contribution in [2.45, 2.75) is 38.9 Å². The fraction of sp³-hybridized carbons (Fsp3) is 0.250. The molecule has 0 saturated carbocycles. The molecular formula is C32H32Br2O3. The first-order valence-electron chi connectivity index (χ1n) is 12.7. The van der Waals surface area contributed by atoms with E-state index in [-0.39, 0.29) is 12.2 Å². The summed E-state index contributed by atoms with van der Waals surface area (Å²) in [5.41, 5.74) is 4.29. The van der Waals surface area contributed by atoms with Crippen molar-refractivity contribution in [3.63, 3.8) is 0 Å². The third-order valence-corrected chi connectivity index (χ3v) is 6.99. The molecule has 4 aromatic carbocycles. The second-order valence-corrected chi connectivity index (χ2v) is 10.7. The molecule has 192 valence electrons. The third kappa shape index (κ3) is 7.70. The first-order valence-corrected chi connectivity index (χ1v) is 14.3. The fourth-order valence-corrected chi connectivity index (χ4v) is 4.56. The fourth-order valence-electron chi connectivity index (χ4n) is 4.03. The smallest absolute Gasteiger partial charge is 0.119 e. The molecule has 4 aromatic rings. The van der Waals surface area contributed by atoms with Gasteiger partial charge in [-0.3, -0.25) is 0 Å². The lowest BCUT2D eigenvalue weighted by molar-refractivity contribution is 0.0308. The molecule has 0 saturated heterocycles. The minimum absolute atomic E-state index is 0.280. The minimum atomic E-state index is -0.280. The zero-order valence-corrected chi connectivity index (χ0v) is 24.4. The maximum atomic E-state index is 7.00. The van der Waals surface area contributed by atoms with Gasteiger partial charge < -0.3 is 14.2 Å². The van der Waals surface area contributed by atoms with Crippen LogP contribution in [0.1, 0.15) is 61.2 Å². The quantitative estimate of drug-likeness (QED) is 0.157. The van der Waals surface area contributed by atoms with E-state index in [1.165, 1.54) is 0 Å². The normalized spacial score (nSPS) is 12.6. The monoisotopic (exact) mass is 622 g/mol. The molecule has 0 amide bonds. The number of rotatable bonds is 12. The Bertz CT molecular complexity index is 1120. The molecule has 0 heterocycles. The van der Waals surface area contributed by atoms with Gasteiger partial charge in [0.25, 0.3) is 0 Å². The van der Waals surface area contributed by atoms with E-state index in [9.17, 15) is 0 Å². The lowest BCUT2D eigenvalue weighted by Crippen LogP contribution is -2.13. The summed E-state index contributed by atoms with van der Waals surface area (Å²) in [6.45, 7) is 5.62. The first kappa shape index (κ1) is 27.4. The number of hydrogen-bond acceptors (Lipinski definition) is 3. The SMILES string of the molecule is CCCOc1ccc(C(OC(c2ccc(Br)cc2)c2ccc(OCCC)cc2)c2ccc(Br)cc2)cc1. The Morgan fingerprint density at radius 1 is 0.486 bits per heavy atom. The molecule has 0 aliphatic carbocycles. The standard InChI is InChI=1S/C32H32Br2O3/c1-3-21-35-29-17-9-25(10-18-29)31(23-5-13-27(33)14-6-23)37-32(24-7-15-28(34)16-8-24)26-11-19-30(20-12-26)36-22-4-2/h5-20,31-32H,3-4,21-22H2,1-2H3. The van der Waals surface area contributed by atoms with Crippen LogP contribution in [0, 0.1) is 0 Å². The highest BCUT2D eigenvalue weighted by Crippen LogP contribution is 2.37. The summed E-state index contributed by atoms with van der Waals surface area (Å²) in [7, 11) is 0. The number of hydrogen-bond donors (Lipinski definition) is 0. The lowest BCUT2D eigenvalue weighted by atomic mass is 9.98.